The van der Waals surface area contributed by atoms with Gasteiger partial charge in [0.2, 0.25) is 0 Å². The van der Waals surface area contributed by atoms with Crippen LogP contribution in [0, 0.1) is 13.8 Å². The lowest BCUT2D eigenvalue weighted by Gasteiger charge is -2.02. The van der Waals surface area contributed by atoms with Gasteiger partial charge < -0.3 is 5.32 Å². The Morgan fingerprint density at radius 2 is 2.25 bits per heavy atom. The number of aromatic nitrogens is 2. The quantitative estimate of drug-likeness (QED) is 0.669. The molecule has 7 heteroatoms. The average molecular weight is 361 g/mol. The molecule has 1 fully saturated rings. The summed E-state index contributed by atoms with van der Waals surface area (Å²) >= 11 is 7.03. The highest BCUT2D eigenvalue weighted by molar-refractivity contribution is 8.18. The number of aryl methyl sites for hydroxylation is 3. The Kier molecular flexibility index (Phi) is 5.06. The summed E-state index contributed by atoms with van der Waals surface area (Å²) in [6, 6.07) is 6.08. The van der Waals surface area contributed by atoms with Crippen LogP contribution in [0.25, 0.3) is 6.08 Å². The number of nitrogens with one attached hydrogen (secondary N) is 1. The summed E-state index contributed by atoms with van der Waals surface area (Å²) in [4.78, 5) is 17.3. The number of thioether (sulfide) groups is 1. The molecule has 3 rings (SSSR count). The summed E-state index contributed by atoms with van der Waals surface area (Å²) in [5.74, 6) is 0.355. The van der Waals surface area contributed by atoms with Crippen molar-refractivity contribution in [3.8, 4) is 0 Å². The van der Waals surface area contributed by atoms with E-state index in [1.807, 2.05) is 44.3 Å². The molecule has 24 heavy (non-hydrogen) atoms. The predicted octanol–water partition coefficient (Wildman–Crippen LogP) is 3.63. The van der Waals surface area contributed by atoms with Gasteiger partial charge in [0.1, 0.15) is 0 Å². The van der Waals surface area contributed by atoms with Gasteiger partial charge in [0.05, 0.1) is 23.3 Å². The number of hydrogen-bond acceptors (Lipinski definition) is 4. The Morgan fingerprint density at radius 1 is 1.42 bits per heavy atom. The lowest BCUT2D eigenvalue weighted by Crippen LogP contribution is -2.19. The van der Waals surface area contributed by atoms with Crippen LogP contribution in [0.1, 0.15) is 16.7 Å². The maximum atomic E-state index is 12.1. The van der Waals surface area contributed by atoms with Gasteiger partial charge in [0.25, 0.3) is 5.91 Å². The summed E-state index contributed by atoms with van der Waals surface area (Å²) in [5, 5.41) is 7.60. The Bertz CT molecular complexity index is 841. The number of hydrogen-bond donors (Lipinski definition) is 1. The molecule has 1 N–H and O–H groups in total. The first kappa shape index (κ1) is 16.8. The van der Waals surface area contributed by atoms with Crippen molar-refractivity contribution in [2.24, 2.45) is 4.99 Å². The molecule has 2 aromatic rings. The van der Waals surface area contributed by atoms with E-state index in [9.17, 15) is 4.79 Å². The molecule has 1 aliphatic rings. The highest BCUT2D eigenvalue weighted by Gasteiger charge is 2.24. The van der Waals surface area contributed by atoms with E-state index in [1.54, 1.807) is 10.9 Å². The van der Waals surface area contributed by atoms with E-state index >= 15 is 0 Å². The van der Waals surface area contributed by atoms with Gasteiger partial charge in [0, 0.05) is 17.6 Å². The smallest absolute Gasteiger partial charge is 0.264 e. The van der Waals surface area contributed by atoms with Crippen LogP contribution in [-0.2, 0) is 11.3 Å². The van der Waals surface area contributed by atoms with Crippen LogP contribution in [0.5, 0.6) is 0 Å². The molecule has 5 nitrogen and oxygen atoms in total. The molecule has 1 aromatic heterocycles. The second kappa shape index (κ2) is 7.23. The SMILES string of the molecule is Cc1ccc(C)c(N=C2NC(=O)/C(=C/c3cnn(CCCl)c3)S2)c1. The number of benzene rings is 1. The van der Waals surface area contributed by atoms with Crippen LogP contribution in [0.2, 0.25) is 0 Å². The highest BCUT2D eigenvalue weighted by atomic mass is 35.5. The third kappa shape index (κ3) is 3.88. The molecule has 0 unspecified atom stereocenters. The van der Waals surface area contributed by atoms with Crippen LogP contribution in [0.4, 0.5) is 5.69 Å². The normalized spacial score (nSPS) is 17.7. The van der Waals surface area contributed by atoms with Gasteiger partial charge in [-0.15, -0.1) is 11.6 Å². The van der Waals surface area contributed by atoms with Crippen molar-refractivity contribution in [1.82, 2.24) is 15.1 Å². The third-order valence-corrected chi connectivity index (χ3v) is 4.58. The molecule has 1 aromatic carbocycles. The number of alkyl halides is 1. The molecule has 1 aliphatic heterocycles. The number of aliphatic imine (C=N–C) groups is 1. The van der Waals surface area contributed by atoms with Crippen LogP contribution in [0.3, 0.4) is 0 Å². The number of amidine groups is 1. The van der Waals surface area contributed by atoms with Crippen molar-refractivity contribution in [3.63, 3.8) is 0 Å². The zero-order valence-electron chi connectivity index (χ0n) is 13.4. The van der Waals surface area contributed by atoms with E-state index in [2.05, 4.69) is 15.4 Å². The van der Waals surface area contributed by atoms with Gasteiger partial charge in [-0.3, -0.25) is 9.48 Å². The predicted molar refractivity (Wildman–Crippen MR) is 99.7 cm³/mol. The molecule has 1 amide bonds. The first-order chi connectivity index (χ1) is 11.5. The van der Waals surface area contributed by atoms with E-state index in [-0.39, 0.29) is 5.91 Å². The fourth-order valence-corrected chi connectivity index (χ4v) is 3.25. The minimum Gasteiger partial charge on any atom is -0.300 e. The van der Waals surface area contributed by atoms with Crippen molar-refractivity contribution in [2.45, 2.75) is 20.4 Å². The minimum absolute atomic E-state index is 0.144. The maximum Gasteiger partial charge on any atom is 0.264 e. The van der Waals surface area contributed by atoms with Gasteiger partial charge in [-0.25, -0.2) is 4.99 Å². The van der Waals surface area contributed by atoms with Gasteiger partial charge >= 0.3 is 0 Å². The van der Waals surface area contributed by atoms with E-state index < -0.39 is 0 Å². The fourth-order valence-electron chi connectivity index (χ4n) is 2.24. The summed E-state index contributed by atoms with van der Waals surface area (Å²) in [5.41, 5.74) is 3.94. The van der Waals surface area contributed by atoms with Crippen molar-refractivity contribution < 1.29 is 4.79 Å². The van der Waals surface area contributed by atoms with Crippen LogP contribution in [0.15, 0.2) is 40.5 Å². The number of amides is 1. The second-order valence-electron chi connectivity index (χ2n) is 5.50. The second-order valence-corrected chi connectivity index (χ2v) is 6.91. The van der Waals surface area contributed by atoms with Gasteiger partial charge in [-0.2, -0.15) is 5.10 Å². The highest BCUT2D eigenvalue weighted by Crippen LogP contribution is 2.29. The standard InChI is InChI=1S/C17H17ClN4OS/c1-11-3-4-12(2)14(7-11)20-17-21-16(23)15(24-17)8-13-9-19-22(10-13)6-5-18/h3-4,7-10H,5-6H2,1-2H3,(H,20,21,23)/b15-8-. The molecule has 0 atom stereocenters. The number of carbonyl (C=O) groups excluding carboxylic acids is 1. The molecule has 124 valence electrons. The average Bonchev–Trinajstić information content (AvgIpc) is 3.11. The Hall–Kier alpha value is -2.05. The molecule has 2 heterocycles. The maximum absolute atomic E-state index is 12.1. The number of halogens is 1. The molecule has 1 saturated heterocycles. The van der Waals surface area contributed by atoms with E-state index in [4.69, 9.17) is 11.6 Å². The summed E-state index contributed by atoms with van der Waals surface area (Å²) in [6.45, 7) is 4.67. The summed E-state index contributed by atoms with van der Waals surface area (Å²) in [6.07, 6.45) is 5.39. The van der Waals surface area contributed by atoms with Crippen LogP contribution < -0.4 is 5.32 Å². The van der Waals surface area contributed by atoms with E-state index in [1.165, 1.54) is 11.8 Å². The molecular weight excluding hydrogens is 344 g/mol. The molecule has 0 spiro atoms. The van der Waals surface area contributed by atoms with Crippen molar-refractivity contribution in [3.05, 3.63) is 52.2 Å². The molecular formula is C17H17ClN4OS. The van der Waals surface area contributed by atoms with Crippen molar-refractivity contribution >= 4 is 46.2 Å². The van der Waals surface area contributed by atoms with Crippen LogP contribution >= 0.6 is 23.4 Å². The number of carbonyl (C=O) groups is 1. The molecule has 0 bridgehead atoms. The largest absolute Gasteiger partial charge is 0.300 e. The zero-order valence-corrected chi connectivity index (χ0v) is 15.0. The fraction of sp³-hybridized carbons (Fsp3) is 0.235. The first-order valence-corrected chi connectivity index (χ1v) is 8.85. The Labute approximate surface area is 149 Å². The zero-order chi connectivity index (χ0) is 17.1. The van der Waals surface area contributed by atoms with Crippen LogP contribution in [-0.4, -0.2) is 26.7 Å². The summed E-state index contributed by atoms with van der Waals surface area (Å²) in [7, 11) is 0. The topological polar surface area (TPSA) is 59.3 Å². The Balaban J connectivity index is 1.81. The van der Waals surface area contributed by atoms with Crippen molar-refractivity contribution in [1.29, 1.82) is 0 Å². The Morgan fingerprint density at radius 3 is 3.04 bits per heavy atom. The lowest BCUT2D eigenvalue weighted by molar-refractivity contribution is -0.115. The minimum atomic E-state index is -0.144. The van der Waals surface area contributed by atoms with Gasteiger partial charge in [-0.05, 0) is 48.9 Å². The summed E-state index contributed by atoms with van der Waals surface area (Å²) < 4.78 is 1.75. The molecule has 0 saturated carbocycles. The lowest BCUT2D eigenvalue weighted by atomic mass is 10.1. The molecule has 0 aliphatic carbocycles. The number of nitrogens with zero attached hydrogens (tertiary/aromatic N) is 3. The van der Waals surface area contributed by atoms with Crippen molar-refractivity contribution in [2.75, 3.05) is 5.88 Å². The van der Waals surface area contributed by atoms with E-state index in [0.29, 0.717) is 22.5 Å². The molecule has 0 radical (unpaired) electrons. The van der Waals surface area contributed by atoms with Gasteiger partial charge in [-0.1, -0.05) is 12.1 Å². The monoisotopic (exact) mass is 360 g/mol. The number of rotatable bonds is 4. The van der Waals surface area contributed by atoms with Gasteiger partial charge in [0.15, 0.2) is 5.17 Å². The third-order valence-electron chi connectivity index (χ3n) is 3.50. The first-order valence-electron chi connectivity index (χ1n) is 7.50. The van der Waals surface area contributed by atoms with E-state index in [0.717, 1.165) is 22.4 Å².